The maximum Gasteiger partial charge on any atom is 0.184 e. The Morgan fingerprint density at radius 1 is 0.500 bits per heavy atom. The summed E-state index contributed by atoms with van der Waals surface area (Å²) in [6.45, 7) is 3.62. The Morgan fingerprint density at radius 3 is 1.25 bits per heavy atom. The fourth-order valence-corrected chi connectivity index (χ4v) is 3.39. The van der Waals surface area contributed by atoms with E-state index in [9.17, 15) is 0 Å². The SMILES string of the molecule is COC(C)=Nc1cccc(Oc2ccc(-c3ccc(Oc4cccc(N=C(C)OC)c4)cc3)cc2)c1. The summed E-state index contributed by atoms with van der Waals surface area (Å²) in [6.07, 6.45) is 0. The first-order valence-corrected chi connectivity index (χ1v) is 11.5. The normalized spacial score (nSPS) is 11.7. The van der Waals surface area contributed by atoms with Crippen molar-refractivity contribution in [2.24, 2.45) is 9.98 Å². The van der Waals surface area contributed by atoms with E-state index in [4.69, 9.17) is 18.9 Å². The van der Waals surface area contributed by atoms with E-state index in [1.807, 2.05) is 111 Å². The molecule has 0 N–H and O–H groups in total. The molecule has 0 aliphatic heterocycles. The highest BCUT2D eigenvalue weighted by Crippen LogP contribution is 2.30. The maximum atomic E-state index is 6.00. The summed E-state index contributed by atoms with van der Waals surface area (Å²) in [7, 11) is 3.20. The summed E-state index contributed by atoms with van der Waals surface area (Å²) in [4.78, 5) is 8.76. The third kappa shape index (κ3) is 6.73. The highest BCUT2D eigenvalue weighted by molar-refractivity contribution is 5.77. The number of hydrogen-bond acceptors (Lipinski definition) is 6. The van der Waals surface area contributed by atoms with Crippen LogP contribution in [-0.4, -0.2) is 26.0 Å². The van der Waals surface area contributed by atoms with Crippen molar-refractivity contribution >= 4 is 23.2 Å². The van der Waals surface area contributed by atoms with Gasteiger partial charge in [-0.05, 0) is 59.7 Å². The van der Waals surface area contributed by atoms with Gasteiger partial charge in [0.05, 0.1) is 25.6 Å². The lowest BCUT2D eigenvalue weighted by Gasteiger charge is -2.09. The van der Waals surface area contributed by atoms with Gasteiger partial charge in [-0.1, -0.05) is 36.4 Å². The molecule has 4 aromatic rings. The van der Waals surface area contributed by atoms with Gasteiger partial charge in [-0.15, -0.1) is 0 Å². The van der Waals surface area contributed by atoms with Gasteiger partial charge in [-0.3, -0.25) is 0 Å². The zero-order chi connectivity index (χ0) is 25.3. The molecule has 0 bridgehead atoms. The summed E-state index contributed by atoms with van der Waals surface area (Å²) in [5.74, 6) is 4.09. The molecule has 182 valence electrons. The second-order valence-corrected chi connectivity index (χ2v) is 7.92. The van der Waals surface area contributed by atoms with Crippen molar-refractivity contribution in [2.75, 3.05) is 14.2 Å². The van der Waals surface area contributed by atoms with Gasteiger partial charge in [0, 0.05) is 26.0 Å². The van der Waals surface area contributed by atoms with Crippen LogP contribution in [0.15, 0.2) is 107 Å². The van der Waals surface area contributed by atoms with Crippen LogP contribution in [0.2, 0.25) is 0 Å². The molecule has 4 rings (SSSR count). The van der Waals surface area contributed by atoms with E-state index in [2.05, 4.69) is 9.98 Å². The Bertz CT molecular complexity index is 1250. The number of hydrogen-bond donors (Lipinski definition) is 0. The first kappa shape index (κ1) is 24.5. The molecular formula is C30H28N2O4. The Kier molecular flexibility index (Phi) is 7.98. The van der Waals surface area contributed by atoms with Crippen LogP contribution in [0.5, 0.6) is 23.0 Å². The van der Waals surface area contributed by atoms with Crippen molar-refractivity contribution in [2.45, 2.75) is 13.8 Å². The molecule has 0 unspecified atom stereocenters. The Morgan fingerprint density at radius 2 is 0.889 bits per heavy atom. The van der Waals surface area contributed by atoms with E-state index in [0.717, 1.165) is 34.0 Å². The number of aliphatic imine (C=N–C) groups is 2. The van der Waals surface area contributed by atoms with Crippen LogP contribution in [0, 0.1) is 0 Å². The van der Waals surface area contributed by atoms with Crippen LogP contribution in [0.3, 0.4) is 0 Å². The minimum absolute atomic E-state index is 0.591. The second-order valence-electron chi connectivity index (χ2n) is 7.92. The molecule has 0 radical (unpaired) electrons. The molecule has 0 heterocycles. The van der Waals surface area contributed by atoms with Gasteiger partial charge in [0.1, 0.15) is 23.0 Å². The first-order chi connectivity index (χ1) is 17.5. The predicted octanol–water partition coefficient (Wildman–Crippen LogP) is 8.33. The molecule has 0 aliphatic rings. The number of ether oxygens (including phenoxy) is 4. The topological polar surface area (TPSA) is 61.6 Å². The van der Waals surface area contributed by atoms with Crippen LogP contribution < -0.4 is 9.47 Å². The molecule has 0 aliphatic carbocycles. The summed E-state index contributed by atoms with van der Waals surface area (Å²) < 4.78 is 22.2. The van der Waals surface area contributed by atoms with Crippen molar-refractivity contribution in [3.05, 3.63) is 97.1 Å². The molecule has 6 nitrogen and oxygen atoms in total. The van der Waals surface area contributed by atoms with Crippen molar-refractivity contribution in [1.82, 2.24) is 0 Å². The second kappa shape index (κ2) is 11.7. The van der Waals surface area contributed by atoms with Gasteiger partial charge in [-0.25, -0.2) is 9.98 Å². The molecular weight excluding hydrogens is 452 g/mol. The molecule has 0 aromatic heterocycles. The van der Waals surface area contributed by atoms with Gasteiger partial charge in [-0.2, -0.15) is 0 Å². The zero-order valence-electron chi connectivity index (χ0n) is 20.8. The fraction of sp³-hybridized carbons (Fsp3) is 0.133. The summed E-state index contributed by atoms with van der Waals surface area (Å²) in [5, 5.41) is 0. The lowest BCUT2D eigenvalue weighted by atomic mass is 10.1. The van der Waals surface area contributed by atoms with E-state index in [1.165, 1.54) is 0 Å². The monoisotopic (exact) mass is 480 g/mol. The van der Waals surface area contributed by atoms with Crippen LogP contribution in [0.25, 0.3) is 11.1 Å². The minimum Gasteiger partial charge on any atom is -0.484 e. The molecule has 0 amide bonds. The van der Waals surface area contributed by atoms with E-state index in [1.54, 1.807) is 14.2 Å². The summed E-state index contributed by atoms with van der Waals surface area (Å²) >= 11 is 0. The standard InChI is InChI=1S/C30H28N2O4/c1-21(33-3)31-25-7-5-9-29(19-25)35-27-15-11-23(12-16-27)24-13-17-28(18-14-24)36-30-10-6-8-26(20-30)32-22(2)34-4/h5-20H,1-4H3. The van der Waals surface area contributed by atoms with E-state index >= 15 is 0 Å². The predicted molar refractivity (Wildman–Crippen MR) is 144 cm³/mol. The van der Waals surface area contributed by atoms with E-state index < -0.39 is 0 Å². The molecule has 0 saturated heterocycles. The number of rotatable bonds is 7. The van der Waals surface area contributed by atoms with Gasteiger partial charge in [0.25, 0.3) is 0 Å². The van der Waals surface area contributed by atoms with Crippen molar-refractivity contribution in [3.63, 3.8) is 0 Å². The fourth-order valence-electron chi connectivity index (χ4n) is 3.39. The average Bonchev–Trinajstić information content (AvgIpc) is 2.90. The highest BCUT2D eigenvalue weighted by atomic mass is 16.5. The van der Waals surface area contributed by atoms with Gasteiger partial charge in [0.2, 0.25) is 0 Å². The third-order valence-electron chi connectivity index (χ3n) is 5.31. The molecule has 0 spiro atoms. The molecule has 4 aromatic carbocycles. The Labute approximate surface area is 211 Å². The van der Waals surface area contributed by atoms with E-state index in [0.29, 0.717) is 23.3 Å². The van der Waals surface area contributed by atoms with Crippen LogP contribution >= 0.6 is 0 Å². The molecule has 0 fully saturated rings. The van der Waals surface area contributed by atoms with Crippen molar-refractivity contribution in [1.29, 1.82) is 0 Å². The number of methoxy groups -OCH3 is 2. The van der Waals surface area contributed by atoms with Gasteiger partial charge in [0.15, 0.2) is 11.8 Å². The zero-order valence-corrected chi connectivity index (χ0v) is 20.8. The average molecular weight is 481 g/mol. The number of nitrogens with zero attached hydrogens (tertiary/aromatic N) is 2. The number of benzene rings is 4. The van der Waals surface area contributed by atoms with Crippen LogP contribution in [0.1, 0.15) is 13.8 Å². The Balaban J connectivity index is 1.41. The largest absolute Gasteiger partial charge is 0.484 e. The summed E-state index contributed by atoms with van der Waals surface area (Å²) in [5.41, 5.74) is 3.70. The lowest BCUT2D eigenvalue weighted by Crippen LogP contribution is -1.92. The minimum atomic E-state index is 0.591. The lowest BCUT2D eigenvalue weighted by molar-refractivity contribution is 0.400. The van der Waals surface area contributed by atoms with Gasteiger partial charge < -0.3 is 18.9 Å². The van der Waals surface area contributed by atoms with Crippen molar-refractivity contribution in [3.8, 4) is 34.1 Å². The highest BCUT2D eigenvalue weighted by Gasteiger charge is 2.04. The van der Waals surface area contributed by atoms with Crippen molar-refractivity contribution < 1.29 is 18.9 Å². The van der Waals surface area contributed by atoms with Crippen LogP contribution in [0.4, 0.5) is 11.4 Å². The smallest absolute Gasteiger partial charge is 0.184 e. The quantitative estimate of drug-likeness (QED) is 0.197. The summed E-state index contributed by atoms with van der Waals surface area (Å²) in [6, 6.07) is 31.1. The Hall–Kier alpha value is -4.58. The van der Waals surface area contributed by atoms with Crippen LogP contribution in [-0.2, 0) is 9.47 Å². The first-order valence-electron chi connectivity index (χ1n) is 11.5. The molecule has 0 saturated carbocycles. The maximum absolute atomic E-state index is 6.00. The third-order valence-corrected chi connectivity index (χ3v) is 5.31. The van der Waals surface area contributed by atoms with Gasteiger partial charge >= 0.3 is 0 Å². The molecule has 36 heavy (non-hydrogen) atoms. The molecule has 6 heteroatoms. The van der Waals surface area contributed by atoms with E-state index in [-0.39, 0.29) is 0 Å². The molecule has 0 atom stereocenters.